The van der Waals surface area contributed by atoms with Crippen molar-refractivity contribution in [3.8, 4) is 11.6 Å². The average Bonchev–Trinajstić information content (AvgIpc) is 3.43. The molecule has 0 saturated heterocycles. The first-order chi connectivity index (χ1) is 17.1. The number of amides is 1. The fraction of sp³-hybridized carbons (Fsp3) is 0.0400. The zero-order valence-corrected chi connectivity index (χ0v) is 19.0. The maximum atomic E-state index is 13.2. The third kappa shape index (κ3) is 4.59. The Balaban J connectivity index is 1.43. The fourth-order valence-corrected chi connectivity index (χ4v) is 4.30. The molecule has 2 aromatic carbocycles. The van der Waals surface area contributed by atoms with Crippen molar-refractivity contribution in [2.75, 3.05) is 10.7 Å². The molecule has 10 heteroatoms. The number of rotatable bonds is 6. The topological polar surface area (TPSA) is 116 Å². The quantitative estimate of drug-likeness (QED) is 0.235. The van der Waals surface area contributed by atoms with E-state index in [0.717, 1.165) is 11.8 Å². The molecule has 0 bridgehead atoms. The van der Waals surface area contributed by atoms with Crippen molar-refractivity contribution in [3.63, 3.8) is 0 Å². The predicted octanol–water partition coefficient (Wildman–Crippen LogP) is 2.78. The second-order valence-corrected chi connectivity index (χ2v) is 8.27. The number of hydrogen-bond donors (Lipinski definition) is 0. The summed E-state index contributed by atoms with van der Waals surface area (Å²) in [5.41, 5.74) is 1.70. The number of carbonyl (C=O) groups excluding carboxylic acids is 2. The Hall–Kier alpha value is -4.57. The van der Waals surface area contributed by atoms with Gasteiger partial charge in [0.25, 0.3) is 5.91 Å². The fourth-order valence-electron chi connectivity index (χ4n) is 3.42. The molecule has 0 aliphatic carbocycles. The van der Waals surface area contributed by atoms with Crippen LogP contribution in [0, 0.1) is 0 Å². The molecule has 0 unspecified atom stereocenters. The lowest BCUT2D eigenvalue weighted by Gasteiger charge is -2.17. The molecule has 5 rings (SSSR count). The summed E-state index contributed by atoms with van der Waals surface area (Å²) in [5.74, 6) is -1.84. The molecule has 0 spiro atoms. The van der Waals surface area contributed by atoms with E-state index >= 15 is 0 Å². The Morgan fingerprint density at radius 2 is 1.74 bits per heavy atom. The molecule has 9 nitrogen and oxygen atoms in total. The maximum Gasteiger partial charge on any atom is 0.307 e. The summed E-state index contributed by atoms with van der Waals surface area (Å²) < 4.78 is 5.93. The lowest BCUT2D eigenvalue weighted by molar-refractivity contribution is -0.672. The van der Waals surface area contributed by atoms with Crippen LogP contribution < -0.4 is 14.7 Å². The molecule has 3 heterocycles. The zero-order chi connectivity index (χ0) is 24.2. The molecule has 0 radical (unpaired) electrons. The molecule has 35 heavy (non-hydrogen) atoms. The number of carbonyl (C=O) groups is 2. The van der Waals surface area contributed by atoms with Gasteiger partial charge < -0.3 is 9.63 Å². The highest BCUT2D eigenvalue weighted by atomic mass is 32.2. The number of anilines is 1. The van der Waals surface area contributed by atoms with Crippen LogP contribution in [0.4, 0.5) is 5.69 Å². The van der Waals surface area contributed by atoms with Crippen molar-refractivity contribution < 1.29 is 23.9 Å². The number of benzene rings is 2. The van der Waals surface area contributed by atoms with Gasteiger partial charge in [-0.05, 0) is 35.0 Å². The highest BCUT2D eigenvalue weighted by molar-refractivity contribution is 8.14. The van der Waals surface area contributed by atoms with Gasteiger partial charge in [0.1, 0.15) is 5.70 Å². The van der Waals surface area contributed by atoms with Crippen molar-refractivity contribution in [2.45, 2.75) is 0 Å². The number of aromatic nitrogens is 3. The summed E-state index contributed by atoms with van der Waals surface area (Å²) in [7, 11) is 0. The largest absolute Gasteiger partial charge is 0.539 e. The monoisotopic (exact) mass is 483 g/mol. The van der Waals surface area contributed by atoms with Crippen LogP contribution in [0.5, 0.6) is 5.95 Å². The number of amidine groups is 1. The summed E-state index contributed by atoms with van der Waals surface area (Å²) in [6.45, 7) is 0. The Morgan fingerprint density at radius 3 is 2.46 bits per heavy atom. The van der Waals surface area contributed by atoms with Crippen molar-refractivity contribution >= 4 is 40.4 Å². The second kappa shape index (κ2) is 9.74. The first-order valence-electron chi connectivity index (χ1n) is 10.5. The van der Waals surface area contributed by atoms with Crippen LogP contribution in [0.25, 0.3) is 11.8 Å². The minimum atomic E-state index is -0.834. The average molecular weight is 484 g/mol. The van der Waals surface area contributed by atoms with Crippen LogP contribution in [0.15, 0.2) is 100 Å². The highest BCUT2D eigenvalue weighted by Crippen LogP contribution is 2.29. The van der Waals surface area contributed by atoms with Crippen molar-refractivity contribution in [3.05, 3.63) is 102 Å². The van der Waals surface area contributed by atoms with Gasteiger partial charge in [-0.2, -0.15) is 0 Å². The van der Waals surface area contributed by atoms with Crippen molar-refractivity contribution in [1.82, 2.24) is 10.3 Å². The van der Waals surface area contributed by atoms with E-state index in [9.17, 15) is 14.7 Å². The lowest BCUT2D eigenvalue weighted by atomic mass is 10.2. The smallest absolute Gasteiger partial charge is 0.307 e. The van der Waals surface area contributed by atoms with Crippen LogP contribution >= 0.6 is 11.8 Å². The Kier molecular flexibility index (Phi) is 6.18. The van der Waals surface area contributed by atoms with E-state index in [4.69, 9.17) is 4.52 Å². The van der Waals surface area contributed by atoms with Gasteiger partial charge in [-0.1, -0.05) is 54.2 Å². The summed E-state index contributed by atoms with van der Waals surface area (Å²) in [6.07, 6.45) is 3.22. The first-order valence-corrected chi connectivity index (χ1v) is 11.5. The summed E-state index contributed by atoms with van der Waals surface area (Å²) in [4.78, 5) is 36.4. The van der Waals surface area contributed by atoms with Gasteiger partial charge in [-0.25, -0.2) is 4.99 Å². The molecule has 172 valence electrons. The Bertz CT molecular complexity index is 1440. The van der Waals surface area contributed by atoms with E-state index in [2.05, 4.69) is 15.2 Å². The Labute approximate surface area is 204 Å². The zero-order valence-electron chi connectivity index (χ0n) is 18.1. The second-order valence-electron chi connectivity index (χ2n) is 7.32. The summed E-state index contributed by atoms with van der Waals surface area (Å²) in [5, 5.41) is 16.3. The number of Topliss-reactive ketones (excluding diaryl/α,β-unsaturated/α-hetero) is 1. The molecule has 0 saturated carbocycles. The van der Waals surface area contributed by atoms with E-state index in [0.29, 0.717) is 22.2 Å². The van der Waals surface area contributed by atoms with Crippen LogP contribution in [0.2, 0.25) is 0 Å². The van der Waals surface area contributed by atoms with Crippen LogP contribution in [-0.2, 0) is 4.79 Å². The number of hydrogen-bond acceptors (Lipinski definition) is 8. The molecule has 2 aromatic heterocycles. The first kappa shape index (κ1) is 22.2. The number of thioether (sulfide) groups is 1. The molecule has 4 aromatic rings. The van der Waals surface area contributed by atoms with Gasteiger partial charge in [0.05, 0.1) is 22.4 Å². The number of pyridine rings is 1. The molecule has 0 N–H and O–H groups in total. The van der Waals surface area contributed by atoms with E-state index < -0.39 is 11.7 Å². The van der Waals surface area contributed by atoms with E-state index in [1.807, 2.05) is 18.2 Å². The van der Waals surface area contributed by atoms with Crippen LogP contribution in [0.1, 0.15) is 16.2 Å². The lowest BCUT2D eigenvalue weighted by Crippen LogP contribution is -2.39. The van der Waals surface area contributed by atoms with Crippen molar-refractivity contribution in [1.29, 1.82) is 0 Å². The van der Waals surface area contributed by atoms with Crippen molar-refractivity contribution in [2.24, 2.45) is 4.99 Å². The molecular weight excluding hydrogens is 466 g/mol. The van der Waals surface area contributed by atoms with Gasteiger partial charge in [-0.15, -0.1) is 0 Å². The van der Waals surface area contributed by atoms with Gasteiger partial charge in [0, 0.05) is 18.3 Å². The van der Waals surface area contributed by atoms with E-state index in [1.54, 1.807) is 72.9 Å². The van der Waals surface area contributed by atoms with Gasteiger partial charge >= 0.3 is 5.69 Å². The number of aliphatic imine (C=N–C) groups is 1. The third-order valence-electron chi connectivity index (χ3n) is 5.02. The molecule has 1 amide bonds. The SMILES string of the molecule is O=C(CSC1=N/C(=C/c2ccccn2)C(=O)N1c1ccccc1)c1c([O-])on[n+]1-c1ccccc1. The minimum Gasteiger partial charge on any atom is -0.539 e. The molecule has 0 fully saturated rings. The van der Waals surface area contributed by atoms with Gasteiger partial charge in [0.2, 0.25) is 11.5 Å². The molecular formula is C25H17N5O4S. The maximum absolute atomic E-state index is 13.2. The normalized spacial score (nSPS) is 14.4. The molecule has 1 aliphatic rings. The van der Waals surface area contributed by atoms with Gasteiger partial charge in [0.15, 0.2) is 11.1 Å². The van der Waals surface area contributed by atoms with Crippen LogP contribution in [0.3, 0.4) is 0 Å². The molecule has 1 aliphatic heterocycles. The number of ketones is 1. The summed E-state index contributed by atoms with van der Waals surface area (Å²) in [6, 6.07) is 23.1. The van der Waals surface area contributed by atoms with Gasteiger partial charge in [-0.3, -0.25) is 19.5 Å². The summed E-state index contributed by atoms with van der Waals surface area (Å²) >= 11 is 1.05. The number of nitrogens with zero attached hydrogens (tertiary/aromatic N) is 5. The number of para-hydroxylation sites is 2. The standard InChI is InChI=1S/C25H17N5O4S/c31-21(22-24(33)34-28-30(22)19-12-5-2-6-13-19)16-35-25-27-20(15-17-9-7-8-14-26-17)23(32)29(25)18-10-3-1-4-11-18/h1-15H,16H2/b20-15+. The Morgan fingerprint density at radius 1 is 1.03 bits per heavy atom. The van der Waals surface area contributed by atoms with E-state index in [1.165, 1.54) is 9.58 Å². The predicted molar refractivity (Wildman–Crippen MR) is 128 cm³/mol. The molecule has 0 atom stereocenters. The minimum absolute atomic E-state index is 0.157. The third-order valence-corrected chi connectivity index (χ3v) is 5.96. The van der Waals surface area contributed by atoms with E-state index in [-0.39, 0.29) is 23.1 Å². The van der Waals surface area contributed by atoms with Crippen LogP contribution in [-0.4, -0.2) is 32.9 Å². The highest BCUT2D eigenvalue weighted by Gasteiger charge is 2.34.